The van der Waals surface area contributed by atoms with Crippen molar-refractivity contribution in [1.82, 2.24) is 14.9 Å². The molecule has 3 amide bonds. The number of anilines is 2. The summed E-state index contributed by atoms with van der Waals surface area (Å²) >= 11 is 0. The Morgan fingerprint density at radius 1 is 0.967 bits per heavy atom. The number of hydrogen-bond donors (Lipinski definition) is 3. The van der Waals surface area contributed by atoms with E-state index >= 15 is 0 Å². The molecular formula is C19H24FN5O4S. The Hall–Kier alpha value is -3.08. The maximum absolute atomic E-state index is 14.0. The third-order valence-electron chi connectivity index (χ3n) is 4.09. The largest absolute Gasteiger partial charge is 0.333 e. The van der Waals surface area contributed by atoms with E-state index in [1.807, 2.05) is 32.4 Å². The van der Waals surface area contributed by atoms with E-state index in [-0.39, 0.29) is 17.7 Å². The second-order valence-electron chi connectivity index (χ2n) is 7.27. The molecular weight excluding hydrogens is 413 g/mol. The van der Waals surface area contributed by atoms with Crippen LogP contribution in [0.2, 0.25) is 0 Å². The highest BCUT2D eigenvalue weighted by Gasteiger charge is 2.23. The molecule has 0 aliphatic heterocycles. The Balaban J connectivity index is 2.27. The lowest BCUT2D eigenvalue weighted by molar-refractivity contribution is -0.114. The molecule has 0 aliphatic rings. The fourth-order valence-corrected chi connectivity index (χ4v) is 3.52. The van der Waals surface area contributed by atoms with Crippen LogP contribution in [0, 0.1) is 5.82 Å². The molecule has 0 saturated heterocycles. The normalized spacial score (nSPS) is 11.5. The number of aromatic nitrogens is 2. The first kappa shape index (κ1) is 23.2. The Labute approximate surface area is 174 Å². The summed E-state index contributed by atoms with van der Waals surface area (Å²) in [6.07, 6.45) is 0. The molecule has 3 N–H and O–H groups in total. The molecule has 0 unspecified atom stereocenters. The second kappa shape index (κ2) is 9.16. The van der Waals surface area contributed by atoms with Crippen molar-refractivity contribution in [3.05, 3.63) is 41.2 Å². The Bertz CT molecular complexity index is 1020. The maximum Gasteiger partial charge on any atom is 0.333 e. The summed E-state index contributed by atoms with van der Waals surface area (Å²) < 4.78 is 40.7. The molecule has 0 bridgehead atoms. The zero-order valence-corrected chi connectivity index (χ0v) is 18.1. The first-order chi connectivity index (χ1) is 13.9. The van der Waals surface area contributed by atoms with Gasteiger partial charge in [-0.3, -0.25) is 4.79 Å². The SMILES string of the molecule is CC(=O)Nc1ccc(S(=O)(=O)NC(=O)Nc2c(C(C)C)cc(F)cc2C(C)C)nn1. The first-order valence-corrected chi connectivity index (χ1v) is 10.7. The molecule has 9 nitrogen and oxygen atoms in total. The number of carbonyl (C=O) groups excluding carboxylic acids is 2. The predicted octanol–water partition coefficient (Wildman–Crippen LogP) is 3.33. The number of hydrogen-bond acceptors (Lipinski definition) is 6. The Morgan fingerprint density at radius 3 is 1.97 bits per heavy atom. The highest BCUT2D eigenvalue weighted by molar-refractivity contribution is 7.90. The van der Waals surface area contributed by atoms with Gasteiger partial charge in [-0.05, 0) is 47.2 Å². The van der Waals surface area contributed by atoms with Gasteiger partial charge in [0, 0.05) is 12.6 Å². The van der Waals surface area contributed by atoms with Crippen molar-refractivity contribution in [3.63, 3.8) is 0 Å². The lowest BCUT2D eigenvalue weighted by atomic mass is 9.92. The average Bonchev–Trinajstić information content (AvgIpc) is 2.61. The van der Waals surface area contributed by atoms with Crippen LogP contribution in [-0.4, -0.2) is 30.6 Å². The van der Waals surface area contributed by atoms with E-state index in [0.717, 1.165) is 6.07 Å². The second-order valence-corrected chi connectivity index (χ2v) is 8.90. The number of nitrogens with zero attached hydrogens (tertiary/aromatic N) is 2. The van der Waals surface area contributed by atoms with Gasteiger partial charge in [0.15, 0.2) is 10.8 Å². The van der Waals surface area contributed by atoms with Crippen molar-refractivity contribution >= 4 is 33.5 Å². The summed E-state index contributed by atoms with van der Waals surface area (Å²) in [5, 5.41) is 11.5. The van der Waals surface area contributed by atoms with Crippen molar-refractivity contribution in [2.24, 2.45) is 0 Å². The van der Waals surface area contributed by atoms with E-state index in [1.165, 1.54) is 25.1 Å². The van der Waals surface area contributed by atoms with Crippen LogP contribution >= 0.6 is 0 Å². The van der Waals surface area contributed by atoms with E-state index in [4.69, 9.17) is 0 Å². The van der Waals surface area contributed by atoms with Gasteiger partial charge in [0.05, 0.1) is 0 Å². The van der Waals surface area contributed by atoms with Gasteiger partial charge in [-0.1, -0.05) is 27.7 Å². The highest BCUT2D eigenvalue weighted by Crippen LogP contribution is 2.33. The number of rotatable bonds is 6. The van der Waals surface area contributed by atoms with Crippen molar-refractivity contribution in [2.45, 2.75) is 51.5 Å². The lowest BCUT2D eigenvalue weighted by Gasteiger charge is -2.20. The van der Waals surface area contributed by atoms with Crippen LogP contribution in [-0.2, 0) is 14.8 Å². The smallest absolute Gasteiger partial charge is 0.309 e. The predicted molar refractivity (Wildman–Crippen MR) is 110 cm³/mol. The van der Waals surface area contributed by atoms with E-state index in [2.05, 4.69) is 20.8 Å². The molecule has 2 rings (SSSR count). The topological polar surface area (TPSA) is 130 Å². The molecule has 0 aliphatic carbocycles. The van der Waals surface area contributed by atoms with Crippen molar-refractivity contribution in [1.29, 1.82) is 0 Å². The zero-order valence-electron chi connectivity index (χ0n) is 17.3. The van der Waals surface area contributed by atoms with Crippen LogP contribution in [0.1, 0.15) is 57.6 Å². The van der Waals surface area contributed by atoms with Gasteiger partial charge < -0.3 is 10.6 Å². The summed E-state index contributed by atoms with van der Waals surface area (Å²) in [7, 11) is -4.32. The maximum atomic E-state index is 14.0. The molecule has 0 spiro atoms. The molecule has 162 valence electrons. The highest BCUT2D eigenvalue weighted by atomic mass is 32.2. The molecule has 0 saturated carbocycles. The van der Waals surface area contributed by atoms with Gasteiger partial charge in [-0.15, -0.1) is 10.2 Å². The van der Waals surface area contributed by atoms with Gasteiger partial charge in [-0.25, -0.2) is 13.9 Å². The van der Waals surface area contributed by atoms with Crippen molar-refractivity contribution in [2.75, 3.05) is 10.6 Å². The van der Waals surface area contributed by atoms with Crippen LogP contribution in [0.15, 0.2) is 29.3 Å². The van der Waals surface area contributed by atoms with E-state index in [1.54, 1.807) is 0 Å². The molecule has 0 atom stereocenters. The van der Waals surface area contributed by atoms with E-state index < -0.39 is 32.8 Å². The lowest BCUT2D eigenvalue weighted by Crippen LogP contribution is -2.35. The minimum atomic E-state index is -4.32. The fraction of sp³-hybridized carbons (Fsp3) is 0.368. The number of amides is 3. The minimum absolute atomic E-state index is 0.0698. The summed E-state index contributed by atoms with van der Waals surface area (Å²) in [6, 6.07) is 3.96. The summed E-state index contributed by atoms with van der Waals surface area (Å²) in [6.45, 7) is 8.62. The monoisotopic (exact) mass is 437 g/mol. The number of halogens is 1. The fourth-order valence-electron chi connectivity index (χ4n) is 2.73. The zero-order chi connectivity index (χ0) is 22.6. The number of sulfonamides is 1. The molecule has 1 aromatic heterocycles. The van der Waals surface area contributed by atoms with E-state index in [9.17, 15) is 22.4 Å². The molecule has 0 radical (unpaired) electrons. The standard InChI is InChI=1S/C19H24FN5O4S/c1-10(2)14-8-13(20)9-15(11(3)4)18(14)22-19(27)25-30(28,29)17-7-6-16(23-24-17)21-12(5)26/h6-11H,1-5H3,(H,21,23,26)(H2,22,25,27). The molecule has 30 heavy (non-hydrogen) atoms. The van der Waals surface area contributed by atoms with Crippen LogP contribution < -0.4 is 15.4 Å². The average molecular weight is 437 g/mol. The minimum Gasteiger partial charge on any atom is -0.309 e. The van der Waals surface area contributed by atoms with Gasteiger partial charge >= 0.3 is 6.03 Å². The summed E-state index contributed by atoms with van der Waals surface area (Å²) in [5.74, 6) is -0.982. The third-order valence-corrected chi connectivity index (χ3v) is 5.32. The Morgan fingerprint density at radius 2 is 1.53 bits per heavy atom. The molecule has 1 aromatic carbocycles. The number of benzene rings is 1. The molecule has 1 heterocycles. The van der Waals surface area contributed by atoms with Crippen LogP contribution in [0.4, 0.5) is 20.7 Å². The van der Waals surface area contributed by atoms with Gasteiger partial charge in [0.2, 0.25) is 5.91 Å². The number of carbonyl (C=O) groups is 2. The summed E-state index contributed by atoms with van der Waals surface area (Å²) in [5.41, 5.74) is 1.46. The first-order valence-electron chi connectivity index (χ1n) is 9.19. The van der Waals surface area contributed by atoms with Crippen molar-refractivity contribution in [3.8, 4) is 0 Å². The van der Waals surface area contributed by atoms with Gasteiger partial charge in [0.1, 0.15) is 5.82 Å². The van der Waals surface area contributed by atoms with E-state index in [0.29, 0.717) is 16.8 Å². The van der Waals surface area contributed by atoms with Gasteiger partial charge in [-0.2, -0.15) is 8.42 Å². The van der Waals surface area contributed by atoms with Crippen molar-refractivity contribution < 1.29 is 22.4 Å². The number of urea groups is 1. The third kappa shape index (κ3) is 5.72. The quantitative estimate of drug-likeness (QED) is 0.635. The molecule has 2 aromatic rings. The van der Waals surface area contributed by atoms with Crippen LogP contribution in [0.3, 0.4) is 0 Å². The van der Waals surface area contributed by atoms with Gasteiger partial charge in [0.25, 0.3) is 10.0 Å². The Kier molecular flexibility index (Phi) is 7.08. The summed E-state index contributed by atoms with van der Waals surface area (Å²) in [4.78, 5) is 23.4. The number of nitrogens with one attached hydrogen (secondary N) is 3. The molecule has 0 fully saturated rings. The van der Waals surface area contributed by atoms with Crippen LogP contribution in [0.25, 0.3) is 0 Å². The molecule has 11 heteroatoms. The van der Waals surface area contributed by atoms with Crippen LogP contribution in [0.5, 0.6) is 0 Å².